The Labute approximate surface area is 134 Å². The monoisotopic (exact) mass is 325 g/mol. The lowest BCUT2D eigenvalue weighted by Gasteiger charge is -2.33. The fourth-order valence-electron chi connectivity index (χ4n) is 2.59. The van der Waals surface area contributed by atoms with Gasteiger partial charge >= 0.3 is 0 Å². The highest BCUT2D eigenvalue weighted by Gasteiger charge is 2.27. The number of carbonyl (C=O) groups excluding carboxylic acids is 2. The highest BCUT2D eigenvalue weighted by molar-refractivity contribution is 7.11. The maximum atomic E-state index is 12.2. The number of hydrogen-bond donors (Lipinski definition) is 1. The zero-order valence-electron chi connectivity index (χ0n) is 13.3. The quantitative estimate of drug-likeness (QED) is 0.892. The van der Waals surface area contributed by atoms with E-state index in [1.165, 1.54) is 11.3 Å². The molecule has 1 aromatic rings. The van der Waals surface area contributed by atoms with E-state index >= 15 is 0 Å². The first-order valence-corrected chi connectivity index (χ1v) is 8.52. The van der Waals surface area contributed by atoms with Crippen molar-refractivity contribution in [2.45, 2.75) is 45.8 Å². The molecule has 1 fully saturated rings. The number of nitrogens with one attached hydrogen (secondary N) is 1. The van der Waals surface area contributed by atoms with Crippen LogP contribution >= 0.6 is 11.3 Å². The largest absolute Gasteiger partial charge is 0.369 e. The van der Waals surface area contributed by atoms with Crippen LogP contribution < -0.4 is 5.32 Å². The summed E-state index contributed by atoms with van der Waals surface area (Å²) in [5, 5.41) is 3.04. The second-order valence-electron chi connectivity index (χ2n) is 5.44. The molecular weight excluding hydrogens is 302 g/mol. The first kappa shape index (κ1) is 16.9. The molecule has 1 saturated heterocycles. The summed E-state index contributed by atoms with van der Waals surface area (Å²) in [6, 6.07) is 0.112. The number of thiazole rings is 1. The Morgan fingerprint density at radius 1 is 1.50 bits per heavy atom. The first-order valence-electron chi connectivity index (χ1n) is 7.64. The number of aromatic nitrogens is 1. The molecule has 1 N–H and O–H groups in total. The maximum absolute atomic E-state index is 12.2. The van der Waals surface area contributed by atoms with Gasteiger partial charge in [-0.25, -0.2) is 4.98 Å². The topological polar surface area (TPSA) is 71.5 Å². The summed E-state index contributed by atoms with van der Waals surface area (Å²) in [5.74, 6) is -0.0302. The molecule has 2 amide bonds. The molecular formula is C15H23N3O3S. The molecule has 1 atom stereocenters. The SMILES string of the molecule is CCO[C@H](C)C(=O)N1CCC(NC(=O)c2scnc2C)CC1. The summed E-state index contributed by atoms with van der Waals surface area (Å²) < 4.78 is 5.34. The molecule has 0 spiro atoms. The number of aryl methyl sites for hydroxylation is 1. The molecule has 6 nitrogen and oxygen atoms in total. The molecule has 1 aliphatic heterocycles. The summed E-state index contributed by atoms with van der Waals surface area (Å²) in [5.41, 5.74) is 2.45. The second kappa shape index (κ2) is 7.69. The van der Waals surface area contributed by atoms with E-state index in [0.29, 0.717) is 24.6 Å². The average Bonchev–Trinajstić information content (AvgIpc) is 2.94. The minimum Gasteiger partial charge on any atom is -0.369 e. The standard InChI is InChI=1S/C15H23N3O3S/c1-4-21-11(3)15(20)18-7-5-12(6-8-18)17-14(19)13-10(2)16-9-22-13/h9,11-12H,4-8H2,1-3H3,(H,17,19)/t11-/m1/s1. The lowest BCUT2D eigenvalue weighted by Crippen LogP contribution is -2.49. The number of rotatable bonds is 5. The van der Waals surface area contributed by atoms with Gasteiger partial charge in [0.25, 0.3) is 11.8 Å². The fraction of sp³-hybridized carbons (Fsp3) is 0.667. The van der Waals surface area contributed by atoms with Gasteiger partial charge in [-0.1, -0.05) is 0 Å². The molecule has 0 unspecified atom stereocenters. The van der Waals surface area contributed by atoms with Crippen molar-refractivity contribution in [1.29, 1.82) is 0 Å². The van der Waals surface area contributed by atoms with Crippen LogP contribution in [0.25, 0.3) is 0 Å². The van der Waals surface area contributed by atoms with Crippen molar-refractivity contribution in [1.82, 2.24) is 15.2 Å². The Kier molecular flexibility index (Phi) is 5.90. The Balaban J connectivity index is 1.81. The molecule has 0 aromatic carbocycles. The minimum atomic E-state index is -0.393. The third kappa shape index (κ3) is 4.04. The number of nitrogens with zero attached hydrogens (tertiary/aromatic N) is 2. The van der Waals surface area contributed by atoms with Crippen LogP contribution in [0.2, 0.25) is 0 Å². The molecule has 7 heteroatoms. The van der Waals surface area contributed by atoms with Gasteiger partial charge in [0.1, 0.15) is 11.0 Å². The summed E-state index contributed by atoms with van der Waals surface area (Å²) in [4.78, 5) is 30.9. The van der Waals surface area contributed by atoms with Crippen LogP contribution in [0.1, 0.15) is 42.1 Å². The second-order valence-corrected chi connectivity index (χ2v) is 6.29. The first-order chi connectivity index (χ1) is 10.5. The van der Waals surface area contributed by atoms with Crippen LogP contribution in [-0.2, 0) is 9.53 Å². The predicted molar refractivity (Wildman–Crippen MR) is 85.0 cm³/mol. The Morgan fingerprint density at radius 2 is 2.18 bits per heavy atom. The van der Waals surface area contributed by atoms with Crippen LogP contribution in [0.4, 0.5) is 0 Å². The zero-order valence-corrected chi connectivity index (χ0v) is 14.1. The number of amides is 2. The van der Waals surface area contributed by atoms with Crippen molar-refractivity contribution in [3.63, 3.8) is 0 Å². The number of carbonyl (C=O) groups is 2. The van der Waals surface area contributed by atoms with E-state index in [1.807, 2.05) is 18.7 Å². The van der Waals surface area contributed by atoms with Gasteiger partial charge in [-0.05, 0) is 33.6 Å². The van der Waals surface area contributed by atoms with E-state index in [4.69, 9.17) is 4.74 Å². The Morgan fingerprint density at radius 3 is 2.73 bits per heavy atom. The van der Waals surface area contributed by atoms with E-state index in [9.17, 15) is 9.59 Å². The van der Waals surface area contributed by atoms with E-state index in [1.54, 1.807) is 12.4 Å². The Bertz CT molecular complexity index is 524. The summed E-state index contributed by atoms with van der Waals surface area (Å²) >= 11 is 1.36. The average molecular weight is 325 g/mol. The number of piperidine rings is 1. The molecule has 0 saturated carbocycles. The van der Waals surface area contributed by atoms with Crippen LogP contribution in [-0.4, -0.2) is 53.5 Å². The van der Waals surface area contributed by atoms with Crippen LogP contribution in [0.5, 0.6) is 0 Å². The van der Waals surface area contributed by atoms with Crippen molar-refractivity contribution in [3.8, 4) is 0 Å². The number of likely N-dealkylation sites (tertiary alicyclic amines) is 1. The number of ether oxygens (including phenoxy) is 1. The molecule has 0 bridgehead atoms. The molecule has 2 heterocycles. The molecule has 22 heavy (non-hydrogen) atoms. The molecule has 2 rings (SSSR count). The van der Waals surface area contributed by atoms with Crippen LogP contribution in [0.15, 0.2) is 5.51 Å². The van der Waals surface area contributed by atoms with Crippen molar-refractivity contribution < 1.29 is 14.3 Å². The normalized spacial score (nSPS) is 17.3. The van der Waals surface area contributed by atoms with Gasteiger partial charge in [0, 0.05) is 25.7 Å². The fourth-order valence-corrected chi connectivity index (χ4v) is 3.30. The summed E-state index contributed by atoms with van der Waals surface area (Å²) in [6.07, 6.45) is 1.15. The van der Waals surface area contributed by atoms with Gasteiger partial charge in [-0.2, -0.15) is 0 Å². The lowest BCUT2D eigenvalue weighted by atomic mass is 10.0. The van der Waals surface area contributed by atoms with Crippen molar-refractivity contribution in [2.75, 3.05) is 19.7 Å². The molecule has 122 valence electrons. The molecule has 0 aliphatic carbocycles. The molecule has 1 aromatic heterocycles. The van der Waals surface area contributed by atoms with Gasteiger partial charge in [-0.3, -0.25) is 9.59 Å². The molecule has 0 radical (unpaired) electrons. The summed E-state index contributed by atoms with van der Waals surface area (Å²) in [7, 11) is 0. The van der Waals surface area contributed by atoms with Crippen LogP contribution in [0.3, 0.4) is 0 Å². The smallest absolute Gasteiger partial charge is 0.263 e. The maximum Gasteiger partial charge on any atom is 0.263 e. The molecule has 1 aliphatic rings. The third-order valence-electron chi connectivity index (χ3n) is 3.86. The highest BCUT2D eigenvalue weighted by atomic mass is 32.1. The van der Waals surface area contributed by atoms with E-state index in [-0.39, 0.29) is 17.9 Å². The minimum absolute atomic E-state index is 0.0323. The Hall–Kier alpha value is -1.47. The predicted octanol–water partition coefficient (Wildman–Crippen LogP) is 1.60. The van der Waals surface area contributed by atoms with Crippen LogP contribution in [0, 0.1) is 6.92 Å². The summed E-state index contributed by atoms with van der Waals surface area (Å²) in [6.45, 7) is 7.35. The van der Waals surface area contributed by atoms with Gasteiger partial charge in [0.2, 0.25) is 0 Å². The lowest BCUT2D eigenvalue weighted by molar-refractivity contribution is -0.143. The van der Waals surface area contributed by atoms with Crippen molar-refractivity contribution >= 4 is 23.2 Å². The van der Waals surface area contributed by atoms with Gasteiger partial charge in [-0.15, -0.1) is 11.3 Å². The van der Waals surface area contributed by atoms with Gasteiger partial charge < -0.3 is 15.0 Å². The van der Waals surface area contributed by atoms with E-state index in [0.717, 1.165) is 18.5 Å². The van der Waals surface area contributed by atoms with Gasteiger partial charge in [0.05, 0.1) is 11.2 Å². The van der Waals surface area contributed by atoms with E-state index in [2.05, 4.69) is 10.3 Å². The van der Waals surface area contributed by atoms with Crippen molar-refractivity contribution in [3.05, 3.63) is 16.1 Å². The number of hydrogen-bond acceptors (Lipinski definition) is 5. The zero-order chi connectivity index (χ0) is 16.1. The van der Waals surface area contributed by atoms with Gasteiger partial charge in [0.15, 0.2) is 0 Å². The van der Waals surface area contributed by atoms with E-state index < -0.39 is 6.10 Å². The van der Waals surface area contributed by atoms with Crippen molar-refractivity contribution in [2.24, 2.45) is 0 Å². The highest BCUT2D eigenvalue weighted by Crippen LogP contribution is 2.16. The third-order valence-corrected chi connectivity index (χ3v) is 4.79.